The van der Waals surface area contributed by atoms with Gasteiger partial charge in [0, 0.05) is 25.1 Å². The van der Waals surface area contributed by atoms with Gasteiger partial charge in [0.15, 0.2) is 0 Å². The summed E-state index contributed by atoms with van der Waals surface area (Å²) < 4.78 is 4.83. The van der Waals surface area contributed by atoms with Crippen molar-refractivity contribution in [3.05, 3.63) is 30.1 Å². The molecular formula is C10H17NO. The minimum absolute atomic E-state index is 0.844. The predicted octanol–water partition coefficient (Wildman–Crippen LogP) is 2.43. The Bertz CT molecular complexity index is 172. The molecule has 0 aliphatic carbocycles. The van der Waals surface area contributed by atoms with Crippen LogP contribution in [0, 0.1) is 6.92 Å². The van der Waals surface area contributed by atoms with E-state index in [0.717, 1.165) is 18.9 Å². The molecule has 68 valence electrons. The largest absolute Gasteiger partial charge is 0.382 e. The fourth-order valence-electron chi connectivity index (χ4n) is 0.652. The fourth-order valence-corrected chi connectivity index (χ4v) is 0.652. The molecule has 1 aromatic rings. The van der Waals surface area contributed by atoms with Crippen LogP contribution in [0.5, 0.6) is 0 Å². The van der Waals surface area contributed by atoms with E-state index >= 15 is 0 Å². The van der Waals surface area contributed by atoms with Gasteiger partial charge < -0.3 is 4.74 Å². The van der Waals surface area contributed by atoms with Crippen molar-refractivity contribution in [1.29, 1.82) is 0 Å². The van der Waals surface area contributed by atoms with Gasteiger partial charge in [-0.1, -0.05) is 6.07 Å². The molecule has 0 fully saturated rings. The topological polar surface area (TPSA) is 22.1 Å². The quantitative estimate of drug-likeness (QED) is 0.675. The van der Waals surface area contributed by atoms with Gasteiger partial charge in [-0.25, -0.2) is 0 Å². The Hall–Kier alpha value is -0.890. The first-order valence-electron chi connectivity index (χ1n) is 4.26. The molecule has 0 atom stereocenters. The van der Waals surface area contributed by atoms with Crippen LogP contribution in [0.15, 0.2) is 24.4 Å². The van der Waals surface area contributed by atoms with Crippen LogP contribution in [-0.4, -0.2) is 18.2 Å². The van der Waals surface area contributed by atoms with Gasteiger partial charge in [-0.05, 0) is 32.9 Å². The summed E-state index contributed by atoms with van der Waals surface area (Å²) in [7, 11) is 0. The molecule has 0 amide bonds. The predicted molar refractivity (Wildman–Crippen MR) is 51.1 cm³/mol. The van der Waals surface area contributed by atoms with E-state index in [9.17, 15) is 0 Å². The van der Waals surface area contributed by atoms with Crippen LogP contribution in [0.1, 0.15) is 19.5 Å². The van der Waals surface area contributed by atoms with Crippen LogP contribution in [0.25, 0.3) is 0 Å². The third-order valence-corrected chi connectivity index (χ3v) is 1.22. The number of nitrogens with zero attached hydrogens (tertiary/aromatic N) is 1. The molecular weight excluding hydrogens is 150 g/mol. The van der Waals surface area contributed by atoms with Crippen LogP contribution in [-0.2, 0) is 4.74 Å². The van der Waals surface area contributed by atoms with Gasteiger partial charge in [0.1, 0.15) is 0 Å². The summed E-state index contributed by atoms with van der Waals surface area (Å²) in [6.45, 7) is 7.64. The molecule has 12 heavy (non-hydrogen) atoms. The highest BCUT2D eigenvalue weighted by Gasteiger charge is 1.73. The minimum Gasteiger partial charge on any atom is -0.382 e. The second-order valence-corrected chi connectivity index (χ2v) is 2.25. The third-order valence-electron chi connectivity index (χ3n) is 1.22. The summed E-state index contributed by atoms with van der Waals surface area (Å²) in [5.74, 6) is 0. The first-order valence-corrected chi connectivity index (χ1v) is 4.26. The Labute approximate surface area is 74.6 Å². The van der Waals surface area contributed by atoms with Crippen molar-refractivity contribution in [1.82, 2.24) is 4.98 Å². The molecule has 0 aliphatic rings. The summed E-state index contributed by atoms with van der Waals surface area (Å²) in [4.78, 5) is 3.98. The molecule has 0 saturated carbocycles. The molecule has 0 unspecified atom stereocenters. The van der Waals surface area contributed by atoms with Gasteiger partial charge >= 0.3 is 0 Å². The van der Waals surface area contributed by atoms with Crippen LogP contribution in [0.3, 0.4) is 0 Å². The summed E-state index contributed by atoms with van der Waals surface area (Å²) in [6, 6.07) is 5.86. The third kappa shape index (κ3) is 7.22. The molecule has 0 aliphatic heterocycles. The van der Waals surface area contributed by atoms with Gasteiger partial charge in [0.05, 0.1) is 0 Å². The Morgan fingerprint density at radius 3 is 2.08 bits per heavy atom. The average molecular weight is 167 g/mol. The lowest BCUT2D eigenvalue weighted by Gasteiger charge is -1.86. The van der Waals surface area contributed by atoms with E-state index in [2.05, 4.69) is 4.98 Å². The van der Waals surface area contributed by atoms with Crippen molar-refractivity contribution in [3.8, 4) is 0 Å². The van der Waals surface area contributed by atoms with Gasteiger partial charge in [-0.2, -0.15) is 0 Å². The average Bonchev–Trinajstić information content (AvgIpc) is 2.08. The van der Waals surface area contributed by atoms with E-state index in [-0.39, 0.29) is 0 Å². The summed E-state index contributed by atoms with van der Waals surface area (Å²) >= 11 is 0. The van der Waals surface area contributed by atoms with E-state index in [1.54, 1.807) is 6.20 Å². The van der Waals surface area contributed by atoms with Crippen LogP contribution in [0.2, 0.25) is 0 Å². The molecule has 1 aromatic heterocycles. The number of hydrogen-bond acceptors (Lipinski definition) is 2. The van der Waals surface area contributed by atoms with E-state index in [1.807, 2.05) is 39.0 Å². The van der Waals surface area contributed by atoms with Crippen LogP contribution in [0.4, 0.5) is 0 Å². The van der Waals surface area contributed by atoms with E-state index in [1.165, 1.54) is 0 Å². The second kappa shape index (κ2) is 8.21. The standard InChI is InChI=1S/C6H7N.C4H10O/c1-6-4-2-3-5-7-6;1-3-5-4-2/h2-5H,1H3;3-4H2,1-2H3. The molecule has 0 N–H and O–H groups in total. The molecule has 1 heterocycles. The molecule has 2 nitrogen and oxygen atoms in total. The summed E-state index contributed by atoms with van der Waals surface area (Å²) in [5.41, 5.74) is 1.07. The van der Waals surface area contributed by atoms with Crippen LogP contribution >= 0.6 is 0 Å². The van der Waals surface area contributed by atoms with E-state index < -0.39 is 0 Å². The highest BCUT2D eigenvalue weighted by molar-refractivity contribution is 4.99. The maximum atomic E-state index is 4.83. The summed E-state index contributed by atoms with van der Waals surface area (Å²) in [5, 5.41) is 0. The maximum Gasteiger partial charge on any atom is 0.0437 e. The van der Waals surface area contributed by atoms with Crippen molar-refractivity contribution in [2.24, 2.45) is 0 Å². The molecule has 1 rings (SSSR count). The molecule has 0 radical (unpaired) electrons. The SMILES string of the molecule is CCOCC.Cc1ccccn1. The highest BCUT2D eigenvalue weighted by Crippen LogP contribution is 1.85. The zero-order valence-corrected chi connectivity index (χ0v) is 8.08. The molecule has 0 saturated heterocycles. The Morgan fingerprint density at radius 2 is 1.92 bits per heavy atom. The smallest absolute Gasteiger partial charge is 0.0437 e. The molecule has 0 aromatic carbocycles. The summed E-state index contributed by atoms with van der Waals surface area (Å²) in [6.07, 6.45) is 1.79. The van der Waals surface area contributed by atoms with Crippen molar-refractivity contribution in [2.75, 3.05) is 13.2 Å². The number of aromatic nitrogens is 1. The van der Waals surface area contributed by atoms with Crippen molar-refractivity contribution < 1.29 is 4.74 Å². The number of hydrogen-bond donors (Lipinski definition) is 0. The molecule has 0 bridgehead atoms. The van der Waals surface area contributed by atoms with Gasteiger partial charge in [-0.15, -0.1) is 0 Å². The van der Waals surface area contributed by atoms with E-state index in [4.69, 9.17) is 4.74 Å². The number of ether oxygens (including phenoxy) is 1. The lowest BCUT2D eigenvalue weighted by Crippen LogP contribution is -1.84. The zero-order chi connectivity index (χ0) is 9.23. The maximum absolute atomic E-state index is 4.83. The normalized spacial score (nSPS) is 8.58. The minimum atomic E-state index is 0.844. The Kier molecular flexibility index (Phi) is 7.60. The van der Waals surface area contributed by atoms with Crippen molar-refractivity contribution >= 4 is 0 Å². The number of aryl methyl sites for hydroxylation is 1. The lowest BCUT2D eigenvalue weighted by atomic mass is 10.4. The Balaban J connectivity index is 0.000000217. The highest BCUT2D eigenvalue weighted by atomic mass is 16.5. The van der Waals surface area contributed by atoms with Crippen LogP contribution < -0.4 is 0 Å². The van der Waals surface area contributed by atoms with E-state index in [0.29, 0.717) is 0 Å². The monoisotopic (exact) mass is 167 g/mol. The molecule has 2 heteroatoms. The fraction of sp³-hybridized carbons (Fsp3) is 0.500. The first kappa shape index (κ1) is 11.1. The molecule has 0 spiro atoms. The number of pyridine rings is 1. The lowest BCUT2D eigenvalue weighted by molar-refractivity contribution is 0.162. The van der Waals surface area contributed by atoms with Crippen molar-refractivity contribution in [2.45, 2.75) is 20.8 Å². The zero-order valence-electron chi connectivity index (χ0n) is 8.08. The van der Waals surface area contributed by atoms with Crippen molar-refractivity contribution in [3.63, 3.8) is 0 Å². The first-order chi connectivity index (χ1) is 5.81. The second-order valence-electron chi connectivity index (χ2n) is 2.25. The number of rotatable bonds is 2. The Morgan fingerprint density at radius 1 is 1.25 bits per heavy atom. The van der Waals surface area contributed by atoms with Gasteiger partial charge in [-0.3, -0.25) is 4.98 Å². The van der Waals surface area contributed by atoms with Gasteiger partial charge in [0.25, 0.3) is 0 Å². The van der Waals surface area contributed by atoms with Gasteiger partial charge in [0.2, 0.25) is 0 Å².